The van der Waals surface area contributed by atoms with E-state index < -0.39 is 0 Å². The van der Waals surface area contributed by atoms with Crippen LogP contribution in [0.15, 0.2) is 43.1 Å². The van der Waals surface area contributed by atoms with E-state index in [9.17, 15) is 0 Å². The zero-order valence-corrected chi connectivity index (χ0v) is 11.8. The van der Waals surface area contributed by atoms with Gasteiger partial charge in [-0.1, -0.05) is 42.5 Å². The second-order valence-corrected chi connectivity index (χ2v) is 4.49. The lowest BCUT2D eigenvalue weighted by atomic mass is 10.1. The van der Waals surface area contributed by atoms with E-state index in [-0.39, 0.29) is 5.28 Å². The summed E-state index contributed by atoms with van der Waals surface area (Å²) in [7, 11) is 0. The summed E-state index contributed by atoms with van der Waals surface area (Å²) in [5.74, 6) is 0. The molecule has 0 unspecified atom stereocenters. The van der Waals surface area contributed by atoms with Crippen LogP contribution in [0.3, 0.4) is 0 Å². The number of halogens is 2. The molecule has 0 atom stereocenters. The molecule has 2 rings (SSSR count). The first-order valence-corrected chi connectivity index (χ1v) is 6.36. The third-order valence-corrected chi connectivity index (χ3v) is 2.77. The van der Waals surface area contributed by atoms with E-state index in [0.29, 0.717) is 21.7 Å². The molecule has 5 heteroatoms. The van der Waals surface area contributed by atoms with E-state index in [1.165, 1.54) is 0 Å². The smallest absolute Gasteiger partial charge is 0.223 e. The Kier molecular flexibility index (Phi) is 4.30. The van der Waals surface area contributed by atoms with Gasteiger partial charge in [-0.15, -0.1) is 0 Å². The number of hydrogen-bond donors (Lipinski definition) is 0. The molecule has 2 aromatic heterocycles. The maximum atomic E-state index is 5.95. The minimum Gasteiger partial charge on any atom is -0.251 e. The average molecular weight is 292 g/mol. The Morgan fingerprint density at radius 3 is 2.79 bits per heavy atom. The number of hydrogen-bond acceptors (Lipinski definition) is 3. The minimum absolute atomic E-state index is 0.158. The summed E-state index contributed by atoms with van der Waals surface area (Å²) in [5, 5.41) is 0.666. The van der Waals surface area contributed by atoms with Gasteiger partial charge in [-0.25, -0.2) is 9.97 Å². The Morgan fingerprint density at radius 2 is 2.11 bits per heavy atom. The van der Waals surface area contributed by atoms with Gasteiger partial charge in [0.25, 0.3) is 0 Å². The van der Waals surface area contributed by atoms with Crippen molar-refractivity contribution in [1.29, 1.82) is 0 Å². The molecule has 2 heterocycles. The van der Waals surface area contributed by atoms with Crippen LogP contribution in [0.4, 0.5) is 0 Å². The lowest BCUT2D eigenvalue weighted by Gasteiger charge is -2.06. The van der Waals surface area contributed by atoms with E-state index >= 15 is 0 Å². The normalized spacial score (nSPS) is 12.3. The van der Waals surface area contributed by atoms with Crippen LogP contribution in [-0.4, -0.2) is 15.0 Å². The Balaban J connectivity index is 2.78. The molecule has 0 aliphatic heterocycles. The number of fused-ring (bicyclic) bond motifs is 1. The molecule has 0 amide bonds. The molecular weight excluding hydrogens is 281 g/mol. The number of allylic oxidation sites excluding steroid dienone is 5. The Labute approximate surface area is 121 Å². The van der Waals surface area contributed by atoms with E-state index in [2.05, 4.69) is 21.5 Å². The first-order valence-electron chi connectivity index (χ1n) is 5.60. The van der Waals surface area contributed by atoms with Gasteiger partial charge in [-0.3, -0.25) is 4.98 Å². The highest BCUT2D eigenvalue weighted by molar-refractivity contribution is 6.31. The highest BCUT2D eigenvalue weighted by Gasteiger charge is 2.11. The summed E-state index contributed by atoms with van der Waals surface area (Å²) in [6.45, 7) is 5.62. The monoisotopic (exact) mass is 291 g/mol. The number of nitrogens with zero attached hydrogens (tertiary/aromatic N) is 3. The van der Waals surface area contributed by atoms with E-state index in [0.717, 1.165) is 5.57 Å². The van der Waals surface area contributed by atoms with Crippen LogP contribution in [0, 0.1) is 0 Å². The zero-order chi connectivity index (χ0) is 13.8. The predicted molar refractivity (Wildman–Crippen MR) is 80.3 cm³/mol. The molecule has 0 N–H and O–H groups in total. The zero-order valence-electron chi connectivity index (χ0n) is 10.3. The molecule has 96 valence electrons. The van der Waals surface area contributed by atoms with Crippen LogP contribution in [0.2, 0.25) is 10.3 Å². The van der Waals surface area contributed by atoms with Gasteiger partial charge < -0.3 is 0 Å². The second kappa shape index (κ2) is 5.95. The summed E-state index contributed by atoms with van der Waals surface area (Å²) >= 11 is 11.9. The maximum absolute atomic E-state index is 5.95. The molecule has 2 aromatic rings. The van der Waals surface area contributed by atoms with E-state index in [1.54, 1.807) is 18.3 Å². The van der Waals surface area contributed by atoms with Crippen molar-refractivity contribution in [2.24, 2.45) is 0 Å². The molecular formula is C14H11Cl2N3. The van der Waals surface area contributed by atoms with Crippen molar-refractivity contribution in [3.05, 3.63) is 59.1 Å². The van der Waals surface area contributed by atoms with Crippen LogP contribution in [0.1, 0.15) is 12.6 Å². The molecule has 0 spiro atoms. The number of pyridine rings is 1. The van der Waals surface area contributed by atoms with Gasteiger partial charge in [0.15, 0.2) is 0 Å². The Bertz CT molecular complexity index is 685. The third kappa shape index (κ3) is 3.00. The molecule has 0 bridgehead atoms. The molecule has 0 fully saturated rings. The van der Waals surface area contributed by atoms with Crippen LogP contribution >= 0.6 is 23.2 Å². The van der Waals surface area contributed by atoms with Crippen molar-refractivity contribution in [1.82, 2.24) is 15.0 Å². The Morgan fingerprint density at radius 1 is 1.32 bits per heavy atom. The van der Waals surface area contributed by atoms with E-state index in [4.69, 9.17) is 23.2 Å². The van der Waals surface area contributed by atoms with Crippen molar-refractivity contribution in [3.63, 3.8) is 0 Å². The van der Waals surface area contributed by atoms with Crippen LogP contribution in [0.5, 0.6) is 0 Å². The SMILES string of the molecule is C=C/C=C(\C=C/C)c1nc(Cl)nc2cc(Cl)cnc12. The molecule has 3 nitrogen and oxygen atoms in total. The van der Waals surface area contributed by atoms with Gasteiger partial charge in [-0.2, -0.15) is 0 Å². The van der Waals surface area contributed by atoms with Crippen LogP contribution in [0.25, 0.3) is 16.6 Å². The maximum Gasteiger partial charge on any atom is 0.223 e. The molecule has 0 aliphatic carbocycles. The van der Waals surface area contributed by atoms with Gasteiger partial charge in [-0.05, 0) is 24.6 Å². The van der Waals surface area contributed by atoms with Gasteiger partial charge in [0, 0.05) is 11.8 Å². The van der Waals surface area contributed by atoms with Crippen LogP contribution in [-0.2, 0) is 0 Å². The fraction of sp³-hybridized carbons (Fsp3) is 0.0714. The van der Waals surface area contributed by atoms with Crippen molar-refractivity contribution < 1.29 is 0 Å². The van der Waals surface area contributed by atoms with E-state index in [1.807, 2.05) is 25.2 Å². The van der Waals surface area contributed by atoms with Gasteiger partial charge in [0.2, 0.25) is 5.28 Å². The summed E-state index contributed by atoms with van der Waals surface area (Å²) in [5.41, 5.74) is 2.79. The summed E-state index contributed by atoms with van der Waals surface area (Å²) in [6.07, 6.45) is 8.91. The molecule has 0 aromatic carbocycles. The topological polar surface area (TPSA) is 38.7 Å². The van der Waals surface area contributed by atoms with Crippen LogP contribution < -0.4 is 0 Å². The van der Waals surface area contributed by atoms with Gasteiger partial charge in [0.1, 0.15) is 11.2 Å². The number of rotatable bonds is 3. The predicted octanol–water partition coefficient (Wildman–Crippen LogP) is 4.48. The summed E-state index contributed by atoms with van der Waals surface area (Å²) in [4.78, 5) is 12.7. The molecule has 0 radical (unpaired) electrons. The highest BCUT2D eigenvalue weighted by Crippen LogP contribution is 2.25. The van der Waals surface area contributed by atoms with Crippen molar-refractivity contribution in [3.8, 4) is 0 Å². The fourth-order valence-corrected chi connectivity index (χ4v) is 2.01. The van der Waals surface area contributed by atoms with Gasteiger partial charge in [0.05, 0.1) is 10.5 Å². The van der Waals surface area contributed by atoms with Gasteiger partial charge >= 0.3 is 0 Å². The lowest BCUT2D eigenvalue weighted by molar-refractivity contribution is 1.17. The average Bonchev–Trinajstić information content (AvgIpc) is 2.37. The molecule has 0 saturated carbocycles. The summed E-state index contributed by atoms with van der Waals surface area (Å²) in [6, 6.07) is 1.71. The fourth-order valence-electron chi connectivity index (χ4n) is 1.69. The molecule has 0 aliphatic rings. The largest absolute Gasteiger partial charge is 0.251 e. The molecule has 19 heavy (non-hydrogen) atoms. The first kappa shape index (κ1) is 13.7. The van der Waals surface area contributed by atoms with Crippen molar-refractivity contribution >= 4 is 39.8 Å². The van der Waals surface area contributed by atoms with Crippen molar-refractivity contribution in [2.45, 2.75) is 6.92 Å². The third-order valence-electron chi connectivity index (χ3n) is 2.39. The quantitative estimate of drug-likeness (QED) is 0.618. The minimum atomic E-state index is 0.158. The summed E-state index contributed by atoms with van der Waals surface area (Å²) < 4.78 is 0. The highest BCUT2D eigenvalue weighted by atomic mass is 35.5. The lowest BCUT2D eigenvalue weighted by Crippen LogP contribution is -1.96. The first-order chi connectivity index (χ1) is 9.15. The number of aromatic nitrogens is 3. The Hall–Kier alpha value is -1.71. The second-order valence-electron chi connectivity index (χ2n) is 3.72. The standard InChI is InChI=1S/C14H11Cl2N3/c1-3-5-9(6-4-2)12-13-11(18-14(16)19-12)7-10(15)8-17-13/h3-8H,1H2,2H3/b6-4-,9-5+. The molecule has 0 saturated heterocycles. The van der Waals surface area contributed by atoms with Crippen molar-refractivity contribution in [2.75, 3.05) is 0 Å².